The predicted molar refractivity (Wildman–Crippen MR) is 71.5 cm³/mol. The molecule has 0 bridgehead atoms. The highest BCUT2D eigenvalue weighted by Crippen LogP contribution is 2.26. The molecule has 18 heavy (non-hydrogen) atoms. The van der Waals surface area contributed by atoms with Crippen LogP contribution in [0.5, 0.6) is 0 Å². The Hall–Kier alpha value is -2.02. The summed E-state index contributed by atoms with van der Waals surface area (Å²) in [4.78, 5) is 0. The number of nitrogens with one attached hydrogen (secondary N) is 1. The van der Waals surface area contributed by atoms with Crippen molar-refractivity contribution in [2.24, 2.45) is 7.05 Å². The highest BCUT2D eigenvalue weighted by Gasteiger charge is 2.07. The van der Waals surface area contributed by atoms with Crippen LogP contribution >= 0.6 is 0 Å². The first-order valence-electron chi connectivity index (χ1n) is 5.22. The van der Waals surface area contributed by atoms with Gasteiger partial charge in [-0.1, -0.05) is 12.1 Å². The minimum Gasteiger partial charge on any atom is -0.383 e. The largest absolute Gasteiger partial charge is 0.383 e. The summed E-state index contributed by atoms with van der Waals surface area (Å²) in [5, 5.41) is 4.05. The average molecular weight is 266 g/mol. The molecule has 6 nitrogen and oxygen atoms in total. The van der Waals surface area contributed by atoms with Crippen molar-refractivity contribution in [3.8, 4) is 11.1 Å². The summed E-state index contributed by atoms with van der Waals surface area (Å²) in [6.07, 6.45) is 2.79. The minimum absolute atomic E-state index is 0.517. The van der Waals surface area contributed by atoms with E-state index < -0.39 is 10.0 Å². The van der Waals surface area contributed by atoms with Crippen LogP contribution in [-0.2, 0) is 17.1 Å². The Morgan fingerprint density at radius 2 is 1.89 bits per heavy atom. The second-order valence-electron chi connectivity index (χ2n) is 4.02. The molecule has 2 rings (SSSR count). The maximum absolute atomic E-state index is 11.1. The van der Waals surface area contributed by atoms with Gasteiger partial charge in [-0.15, -0.1) is 0 Å². The molecule has 3 N–H and O–H groups in total. The average Bonchev–Trinajstić information content (AvgIpc) is 2.59. The third-order valence-corrected chi connectivity index (χ3v) is 3.09. The quantitative estimate of drug-likeness (QED) is 0.868. The number of sulfonamides is 1. The van der Waals surface area contributed by atoms with Gasteiger partial charge in [0.2, 0.25) is 10.0 Å². The van der Waals surface area contributed by atoms with Gasteiger partial charge in [-0.3, -0.25) is 9.40 Å². The predicted octanol–water partition coefficient (Wildman–Crippen LogP) is 1.04. The van der Waals surface area contributed by atoms with Gasteiger partial charge in [0.1, 0.15) is 5.82 Å². The van der Waals surface area contributed by atoms with Crippen molar-refractivity contribution in [1.82, 2.24) is 9.78 Å². The first-order valence-corrected chi connectivity index (χ1v) is 7.11. The fraction of sp³-hybridized carbons (Fsp3) is 0.182. The van der Waals surface area contributed by atoms with Gasteiger partial charge in [0, 0.05) is 18.3 Å². The van der Waals surface area contributed by atoms with Gasteiger partial charge in [-0.25, -0.2) is 8.42 Å². The van der Waals surface area contributed by atoms with E-state index in [0.29, 0.717) is 11.5 Å². The molecule has 7 heteroatoms. The molecule has 0 spiro atoms. The zero-order valence-corrected chi connectivity index (χ0v) is 10.9. The number of nitrogens with two attached hydrogens (primary N) is 1. The summed E-state index contributed by atoms with van der Waals surface area (Å²) < 4.78 is 26.1. The van der Waals surface area contributed by atoms with E-state index in [1.807, 2.05) is 0 Å². The van der Waals surface area contributed by atoms with Gasteiger partial charge in [-0.05, 0) is 17.7 Å². The van der Waals surface area contributed by atoms with Crippen LogP contribution in [0.1, 0.15) is 0 Å². The molecule has 1 heterocycles. The number of hydrogen-bond acceptors (Lipinski definition) is 4. The van der Waals surface area contributed by atoms with Crippen molar-refractivity contribution in [3.05, 3.63) is 30.5 Å². The maximum atomic E-state index is 11.1. The zero-order valence-electron chi connectivity index (χ0n) is 10.1. The fourth-order valence-electron chi connectivity index (χ4n) is 1.60. The van der Waals surface area contributed by atoms with Gasteiger partial charge in [-0.2, -0.15) is 5.10 Å². The normalized spacial score (nSPS) is 11.4. The molecule has 0 atom stereocenters. The number of aryl methyl sites for hydroxylation is 1. The van der Waals surface area contributed by atoms with Crippen LogP contribution in [-0.4, -0.2) is 24.5 Å². The second-order valence-corrected chi connectivity index (χ2v) is 5.77. The molecule has 2 aromatic rings. The molecule has 0 radical (unpaired) electrons. The van der Waals surface area contributed by atoms with Gasteiger partial charge in [0.15, 0.2) is 0 Å². The van der Waals surface area contributed by atoms with Crippen LogP contribution in [0, 0.1) is 0 Å². The first kappa shape index (κ1) is 12.4. The summed E-state index contributed by atoms with van der Waals surface area (Å²) in [6, 6.07) is 6.95. The lowest BCUT2D eigenvalue weighted by molar-refractivity contribution is 0.607. The summed E-state index contributed by atoms with van der Waals surface area (Å²) in [5.41, 5.74) is 8.09. The van der Waals surface area contributed by atoms with Gasteiger partial charge in [0.25, 0.3) is 0 Å². The van der Waals surface area contributed by atoms with Gasteiger partial charge in [0.05, 0.1) is 12.5 Å². The minimum atomic E-state index is -3.25. The van der Waals surface area contributed by atoms with Gasteiger partial charge >= 0.3 is 0 Å². The van der Waals surface area contributed by atoms with Crippen LogP contribution in [0.3, 0.4) is 0 Å². The van der Waals surface area contributed by atoms with E-state index in [0.717, 1.165) is 17.4 Å². The van der Waals surface area contributed by atoms with E-state index in [-0.39, 0.29) is 0 Å². The van der Waals surface area contributed by atoms with E-state index >= 15 is 0 Å². The molecular weight excluding hydrogens is 252 g/mol. The second kappa shape index (κ2) is 4.34. The van der Waals surface area contributed by atoms with E-state index in [1.165, 1.54) is 0 Å². The third-order valence-electron chi connectivity index (χ3n) is 2.48. The monoisotopic (exact) mass is 266 g/mol. The molecule has 0 aliphatic rings. The highest BCUT2D eigenvalue weighted by atomic mass is 32.2. The van der Waals surface area contributed by atoms with Crippen molar-refractivity contribution in [2.75, 3.05) is 16.7 Å². The Kier molecular flexibility index (Phi) is 3.00. The lowest BCUT2D eigenvalue weighted by Gasteiger charge is -2.05. The number of benzene rings is 1. The van der Waals surface area contributed by atoms with E-state index in [1.54, 1.807) is 42.2 Å². The molecular formula is C11H14N4O2S. The molecule has 0 unspecified atom stereocenters. The number of rotatable bonds is 3. The standard InChI is InChI=1S/C11H14N4O2S/c1-15-11(12)10(7-13-15)8-3-5-9(6-4-8)14-18(2,16)17/h3-7,14H,12H2,1-2H3. The van der Waals surface area contributed by atoms with Crippen LogP contribution in [0.25, 0.3) is 11.1 Å². The van der Waals surface area contributed by atoms with E-state index in [2.05, 4.69) is 9.82 Å². The van der Waals surface area contributed by atoms with Crippen molar-refractivity contribution < 1.29 is 8.42 Å². The van der Waals surface area contributed by atoms with E-state index in [9.17, 15) is 8.42 Å². The Morgan fingerprint density at radius 3 is 2.33 bits per heavy atom. The van der Waals surface area contributed by atoms with Gasteiger partial charge < -0.3 is 5.73 Å². The topological polar surface area (TPSA) is 90.0 Å². The molecule has 1 aromatic carbocycles. The molecule has 0 aliphatic carbocycles. The number of hydrogen-bond donors (Lipinski definition) is 2. The SMILES string of the molecule is Cn1ncc(-c2ccc(NS(C)(=O)=O)cc2)c1N. The Morgan fingerprint density at radius 1 is 1.28 bits per heavy atom. The number of aromatic nitrogens is 2. The van der Waals surface area contributed by atoms with Crippen LogP contribution in [0.4, 0.5) is 11.5 Å². The molecule has 0 saturated carbocycles. The zero-order chi connectivity index (χ0) is 13.3. The third kappa shape index (κ3) is 2.62. The molecule has 0 saturated heterocycles. The Balaban J connectivity index is 2.31. The summed E-state index contributed by atoms with van der Waals surface area (Å²) >= 11 is 0. The lowest BCUT2D eigenvalue weighted by Crippen LogP contribution is -2.09. The molecule has 0 aliphatic heterocycles. The highest BCUT2D eigenvalue weighted by molar-refractivity contribution is 7.92. The van der Waals surface area contributed by atoms with Crippen LogP contribution in [0.2, 0.25) is 0 Å². The van der Waals surface area contributed by atoms with E-state index in [4.69, 9.17) is 5.73 Å². The molecule has 0 fully saturated rings. The van der Waals surface area contributed by atoms with Crippen molar-refractivity contribution in [2.45, 2.75) is 0 Å². The van der Waals surface area contributed by atoms with Crippen LogP contribution < -0.4 is 10.5 Å². The summed E-state index contributed by atoms with van der Waals surface area (Å²) in [5.74, 6) is 0.568. The number of anilines is 2. The molecule has 0 amide bonds. The smallest absolute Gasteiger partial charge is 0.229 e. The Labute approximate surface area is 105 Å². The fourth-order valence-corrected chi connectivity index (χ4v) is 2.17. The van der Waals surface area contributed by atoms with Crippen LogP contribution in [0.15, 0.2) is 30.5 Å². The first-order chi connectivity index (χ1) is 8.37. The Bertz CT molecular complexity index is 659. The van der Waals surface area contributed by atoms with Crippen molar-refractivity contribution >= 4 is 21.5 Å². The molecule has 1 aromatic heterocycles. The maximum Gasteiger partial charge on any atom is 0.229 e. The lowest BCUT2D eigenvalue weighted by atomic mass is 10.1. The van der Waals surface area contributed by atoms with Crippen molar-refractivity contribution in [3.63, 3.8) is 0 Å². The molecule has 96 valence electrons. The number of nitrogen functional groups attached to an aromatic ring is 1. The summed E-state index contributed by atoms with van der Waals surface area (Å²) in [7, 11) is -1.49. The summed E-state index contributed by atoms with van der Waals surface area (Å²) in [6.45, 7) is 0. The van der Waals surface area contributed by atoms with Crippen molar-refractivity contribution in [1.29, 1.82) is 0 Å². The number of nitrogens with zero attached hydrogens (tertiary/aromatic N) is 2.